The molecule has 1 atom stereocenters. The molecule has 0 spiro atoms. The molecule has 6 nitrogen and oxygen atoms in total. The summed E-state index contributed by atoms with van der Waals surface area (Å²) in [6.45, 7) is 6.51. The quantitative estimate of drug-likeness (QED) is 0.0261. The molecule has 0 N–H and O–H groups in total. The zero-order valence-electron chi connectivity index (χ0n) is 53.8. The van der Waals surface area contributed by atoms with Crippen LogP contribution in [0.4, 0.5) is 0 Å². The number of unbranched alkanes of at least 4 members (excludes halogenated alkanes) is 39. The van der Waals surface area contributed by atoms with E-state index in [-0.39, 0.29) is 37.5 Å². The van der Waals surface area contributed by atoms with Crippen molar-refractivity contribution in [3.05, 3.63) is 85.1 Å². The molecule has 0 saturated heterocycles. The molecule has 0 aliphatic carbocycles. The van der Waals surface area contributed by atoms with E-state index in [1.165, 1.54) is 218 Å². The Hall–Kier alpha value is -3.41. The van der Waals surface area contributed by atoms with E-state index in [1.807, 2.05) is 0 Å². The highest BCUT2D eigenvalue weighted by molar-refractivity contribution is 5.71. The highest BCUT2D eigenvalue weighted by atomic mass is 16.6. The topological polar surface area (TPSA) is 78.9 Å². The molecular formula is C75H132O6. The molecule has 0 amide bonds. The fourth-order valence-electron chi connectivity index (χ4n) is 10.2. The summed E-state index contributed by atoms with van der Waals surface area (Å²) in [5.74, 6) is -0.922. The van der Waals surface area contributed by atoms with E-state index in [0.717, 1.165) is 89.9 Å². The van der Waals surface area contributed by atoms with Crippen molar-refractivity contribution in [3.8, 4) is 0 Å². The van der Waals surface area contributed by atoms with Gasteiger partial charge in [0.1, 0.15) is 13.2 Å². The van der Waals surface area contributed by atoms with Crippen molar-refractivity contribution >= 4 is 17.9 Å². The molecule has 0 aliphatic rings. The summed E-state index contributed by atoms with van der Waals surface area (Å²) >= 11 is 0. The largest absolute Gasteiger partial charge is 0.462 e. The van der Waals surface area contributed by atoms with Gasteiger partial charge in [-0.2, -0.15) is 0 Å². The molecule has 0 radical (unpaired) electrons. The minimum Gasteiger partial charge on any atom is -0.462 e. The van der Waals surface area contributed by atoms with Gasteiger partial charge in [-0.05, 0) is 96.3 Å². The van der Waals surface area contributed by atoms with Crippen LogP contribution in [0.15, 0.2) is 85.1 Å². The Balaban J connectivity index is 4.12. The molecule has 1 unspecified atom stereocenters. The molecule has 0 aliphatic heterocycles. The predicted octanol–water partition coefficient (Wildman–Crippen LogP) is 24.2. The molecule has 0 bridgehead atoms. The first kappa shape index (κ1) is 77.6. The average Bonchev–Trinajstić information content (AvgIpc) is 3.47. The second-order valence-electron chi connectivity index (χ2n) is 23.4. The predicted molar refractivity (Wildman–Crippen MR) is 353 cm³/mol. The molecule has 0 heterocycles. The van der Waals surface area contributed by atoms with Gasteiger partial charge in [0.2, 0.25) is 0 Å². The zero-order chi connectivity index (χ0) is 58.5. The van der Waals surface area contributed by atoms with Crippen LogP contribution in [0.2, 0.25) is 0 Å². The van der Waals surface area contributed by atoms with Gasteiger partial charge in [0, 0.05) is 19.3 Å². The maximum atomic E-state index is 12.9. The van der Waals surface area contributed by atoms with E-state index < -0.39 is 6.10 Å². The number of allylic oxidation sites excluding steroid dienone is 14. The Morgan fingerprint density at radius 3 is 0.790 bits per heavy atom. The highest BCUT2D eigenvalue weighted by Crippen LogP contribution is 2.18. The van der Waals surface area contributed by atoms with Gasteiger partial charge in [-0.15, -0.1) is 0 Å². The van der Waals surface area contributed by atoms with Gasteiger partial charge in [-0.3, -0.25) is 14.4 Å². The third-order valence-corrected chi connectivity index (χ3v) is 15.4. The maximum absolute atomic E-state index is 12.9. The number of carbonyl (C=O) groups is 3. The summed E-state index contributed by atoms with van der Waals surface area (Å²) < 4.78 is 16.9. The van der Waals surface area contributed by atoms with Crippen LogP contribution in [0.25, 0.3) is 0 Å². The van der Waals surface area contributed by atoms with Crippen molar-refractivity contribution in [2.45, 2.75) is 361 Å². The lowest BCUT2D eigenvalue weighted by molar-refractivity contribution is -0.167. The van der Waals surface area contributed by atoms with E-state index in [0.29, 0.717) is 19.3 Å². The molecule has 81 heavy (non-hydrogen) atoms. The van der Waals surface area contributed by atoms with Crippen LogP contribution in [0.5, 0.6) is 0 Å². The minimum atomic E-state index is -0.798. The van der Waals surface area contributed by atoms with Gasteiger partial charge in [-0.25, -0.2) is 0 Å². The lowest BCUT2D eigenvalue weighted by Gasteiger charge is -2.18. The Kier molecular flexibility index (Phi) is 66.2. The van der Waals surface area contributed by atoms with Crippen LogP contribution in [0.3, 0.4) is 0 Å². The molecule has 0 rings (SSSR count). The maximum Gasteiger partial charge on any atom is 0.306 e. The van der Waals surface area contributed by atoms with Crippen LogP contribution < -0.4 is 0 Å². The van der Waals surface area contributed by atoms with Gasteiger partial charge in [-0.1, -0.05) is 324 Å². The minimum absolute atomic E-state index is 0.0905. The van der Waals surface area contributed by atoms with Crippen LogP contribution in [0, 0.1) is 0 Å². The summed E-state index contributed by atoms with van der Waals surface area (Å²) in [6, 6.07) is 0. The normalized spacial score (nSPS) is 12.6. The molecule has 0 aromatic heterocycles. The molecule has 468 valence electrons. The molecule has 0 aromatic carbocycles. The first-order chi connectivity index (χ1) is 40.0. The number of rotatable bonds is 64. The first-order valence-corrected chi connectivity index (χ1v) is 35.1. The Bertz CT molecular complexity index is 1530. The van der Waals surface area contributed by atoms with E-state index in [4.69, 9.17) is 14.2 Å². The smallest absolute Gasteiger partial charge is 0.306 e. The summed E-state index contributed by atoms with van der Waals surface area (Å²) in [5, 5.41) is 0. The Morgan fingerprint density at radius 1 is 0.259 bits per heavy atom. The molecule has 0 saturated carbocycles. The highest BCUT2D eigenvalue weighted by Gasteiger charge is 2.19. The van der Waals surface area contributed by atoms with Gasteiger partial charge >= 0.3 is 17.9 Å². The standard InChI is InChI=1S/C75H132O6/c1-4-7-10-13-16-19-21-23-25-27-29-31-32-33-34-35-36-37-38-39-40-41-42-44-45-47-49-51-53-56-59-62-65-68-74(77)80-71-72(70-79-73(76)67-64-61-58-55-18-15-12-9-6-3)81-75(78)69-66-63-60-57-54-52-50-48-46-43-30-28-26-24-22-20-17-14-11-8-5-2/h8,11,17,20,24,26-27,29-30,43,48,50,54,57,72H,4-7,9-10,12-16,18-19,21-23,25,28,31-42,44-47,49,51-53,55-56,58-71H2,1-3H3/b11-8-,20-17-,26-24-,29-27-,43-30-,50-48-,57-54-. The van der Waals surface area contributed by atoms with Crippen LogP contribution in [0.1, 0.15) is 355 Å². The second-order valence-corrected chi connectivity index (χ2v) is 23.4. The fraction of sp³-hybridized carbons (Fsp3) is 0.773. The second kappa shape index (κ2) is 69.1. The lowest BCUT2D eigenvalue weighted by Crippen LogP contribution is -2.30. The zero-order valence-corrected chi connectivity index (χ0v) is 53.8. The van der Waals surface area contributed by atoms with E-state index in [9.17, 15) is 14.4 Å². The van der Waals surface area contributed by atoms with Crippen molar-refractivity contribution in [1.82, 2.24) is 0 Å². The van der Waals surface area contributed by atoms with E-state index in [1.54, 1.807) is 0 Å². The molecular weight excluding hydrogens is 997 g/mol. The summed E-state index contributed by atoms with van der Waals surface area (Å²) in [4.78, 5) is 38.2. The molecule has 0 fully saturated rings. The van der Waals surface area contributed by atoms with Gasteiger partial charge < -0.3 is 14.2 Å². The van der Waals surface area contributed by atoms with Crippen LogP contribution >= 0.6 is 0 Å². The SMILES string of the molecule is CC/C=C\C/C=C\C/C=C\C/C=C\C/C=C\C/C=C\CCCCC(=O)OC(COC(=O)CCCCCCCCCCC)COC(=O)CCCCCCCCCCCCCCCCCCCCCCC/C=C\CCCCCCCCCC. The Labute approximate surface area is 503 Å². The van der Waals surface area contributed by atoms with Gasteiger partial charge in [0.25, 0.3) is 0 Å². The van der Waals surface area contributed by atoms with E-state index in [2.05, 4.69) is 106 Å². The lowest BCUT2D eigenvalue weighted by atomic mass is 10.0. The number of hydrogen-bond donors (Lipinski definition) is 0. The summed E-state index contributed by atoms with van der Waals surface area (Å²) in [6.07, 6.45) is 92.2. The van der Waals surface area contributed by atoms with Gasteiger partial charge in [0.05, 0.1) is 0 Å². The average molecular weight is 1130 g/mol. The third kappa shape index (κ3) is 67.3. The number of esters is 3. The van der Waals surface area contributed by atoms with Crippen molar-refractivity contribution in [1.29, 1.82) is 0 Å². The first-order valence-electron chi connectivity index (χ1n) is 35.1. The summed E-state index contributed by atoms with van der Waals surface area (Å²) in [7, 11) is 0. The molecule has 6 heteroatoms. The number of ether oxygens (including phenoxy) is 3. The van der Waals surface area contributed by atoms with Crippen molar-refractivity contribution in [2.75, 3.05) is 13.2 Å². The van der Waals surface area contributed by atoms with Crippen molar-refractivity contribution < 1.29 is 28.6 Å². The van der Waals surface area contributed by atoms with Crippen LogP contribution in [-0.2, 0) is 28.6 Å². The van der Waals surface area contributed by atoms with E-state index >= 15 is 0 Å². The van der Waals surface area contributed by atoms with Crippen molar-refractivity contribution in [3.63, 3.8) is 0 Å². The monoisotopic (exact) mass is 1130 g/mol. The summed E-state index contributed by atoms with van der Waals surface area (Å²) in [5.41, 5.74) is 0. The fourth-order valence-corrected chi connectivity index (χ4v) is 10.2. The van der Waals surface area contributed by atoms with Crippen molar-refractivity contribution in [2.24, 2.45) is 0 Å². The Morgan fingerprint density at radius 2 is 0.481 bits per heavy atom. The third-order valence-electron chi connectivity index (χ3n) is 15.4. The van der Waals surface area contributed by atoms with Gasteiger partial charge in [0.15, 0.2) is 6.10 Å². The number of hydrogen-bond acceptors (Lipinski definition) is 6. The van der Waals surface area contributed by atoms with Crippen LogP contribution in [-0.4, -0.2) is 37.2 Å². The number of carbonyl (C=O) groups excluding carboxylic acids is 3. The molecule has 0 aromatic rings.